The SMILES string of the molecule is CC(Cl)c1nc2cnccc2n1CC(F)(F)C(F)F. The Morgan fingerprint density at radius 1 is 1.42 bits per heavy atom. The monoisotopic (exact) mass is 295 g/mol. The molecule has 0 aromatic carbocycles. The molecule has 0 aliphatic carbocycles. The van der Waals surface area contributed by atoms with Crippen LogP contribution in [0.15, 0.2) is 18.5 Å². The molecular weight excluding hydrogens is 286 g/mol. The van der Waals surface area contributed by atoms with E-state index in [1.165, 1.54) is 25.4 Å². The van der Waals surface area contributed by atoms with Crippen LogP contribution in [0.5, 0.6) is 0 Å². The lowest BCUT2D eigenvalue weighted by molar-refractivity contribution is -0.137. The van der Waals surface area contributed by atoms with E-state index in [0.29, 0.717) is 11.0 Å². The minimum absolute atomic E-state index is 0.116. The summed E-state index contributed by atoms with van der Waals surface area (Å²) in [6.07, 6.45) is -0.996. The molecule has 0 amide bonds. The number of imidazole rings is 1. The van der Waals surface area contributed by atoms with E-state index in [-0.39, 0.29) is 5.82 Å². The van der Waals surface area contributed by atoms with Gasteiger partial charge in [0.15, 0.2) is 0 Å². The van der Waals surface area contributed by atoms with Gasteiger partial charge >= 0.3 is 12.3 Å². The highest BCUT2D eigenvalue weighted by Crippen LogP contribution is 2.30. The van der Waals surface area contributed by atoms with Gasteiger partial charge in [-0.3, -0.25) is 4.98 Å². The number of aromatic nitrogens is 3. The van der Waals surface area contributed by atoms with Crippen LogP contribution >= 0.6 is 11.6 Å². The van der Waals surface area contributed by atoms with Gasteiger partial charge in [-0.1, -0.05) is 0 Å². The minimum atomic E-state index is -4.14. The van der Waals surface area contributed by atoms with Gasteiger partial charge < -0.3 is 4.57 Å². The molecule has 19 heavy (non-hydrogen) atoms. The molecule has 2 aromatic rings. The van der Waals surface area contributed by atoms with Crippen molar-refractivity contribution in [3.8, 4) is 0 Å². The van der Waals surface area contributed by atoms with Crippen LogP contribution in [0.25, 0.3) is 11.0 Å². The number of hydrogen-bond acceptors (Lipinski definition) is 2. The lowest BCUT2D eigenvalue weighted by atomic mass is 10.3. The number of nitrogens with zero attached hydrogens (tertiary/aromatic N) is 3. The molecule has 0 N–H and O–H groups in total. The van der Waals surface area contributed by atoms with Crippen molar-refractivity contribution in [2.45, 2.75) is 31.2 Å². The number of halogens is 5. The second-order valence-electron chi connectivity index (χ2n) is 4.10. The van der Waals surface area contributed by atoms with Gasteiger partial charge in [-0.25, -0.2) is 13.8 Å². The first kappa shape index (κ1) is 14.0. The molecule has 3 nitrogen and oxygen atoms in total. The third kappa shape index (κ3) is 2.65. The van der Waals surface area contributed by atoms with E-state index in [4.69, 9.17) is 11.6 Å². The van der Waals surface area contributed by atoms with Gasteiger partial charge in [-0.15, -0.1) is 11.6 Å². The Morgan fingerprint density at radius 2 is 2.11 bits per heavy atom. The molecule has 1 atom stereocenters. The number of alkyl halides is 5. The highest BCUT2D eigenvalue weighted by atomic mass is 35.5. The largest absolute Gasteiger partial charge is 0.324 e. The molecule has 2 rings (SSSR count). The Balaban J connectivity index is 2.54. The summed E-state index contributed by atoms with van der Waals surface area (Å²) < 4.78 is 52.1. The molecule has 0 spiro atoms. The maximum Gasteiger partial charge on any atom is 0.324 e. The summed E-state index contributed by atoms with van der Waals surface area (Å²) in [5.74, 6) is -4.03. The highest BCUT2D eigenvalue weighted by molar-refractivity contribution is 6.20. The summed E-state index contributed by atoms with van der Waals surface area (Å²) in [7, 11) is 0. The summed E-state index contributed by atoms with van der Waals surface area (Å²) in [6.45, 7) is 0.366. The highest BCUT2D eigenvalue weighted by Gasteiger charge is 2.42. The second-order valence-corrected chi connectivity index (χ2v) is 4.75. The summed E-state index contributed by atoms with van der Waals surface area (Å²) >= 11 is 5.85. The molecule has 2 heterocycles. The Labute approximate surface area is 111 Å². The Bertz CT molecular complexity index is 582. The average Bonchev–Trinajstić information content (AvgIpc) is 2.68. The van der Waals surface area contributed by atoms with E-state index in [2.05, 4.69) is 9.97 Å². The van der Waals surface area contributed by atoms with Crippen LogP contribution in [0.4, 0.5) is 17.6 Å². The van der Waals surface area contributed by atoms with E-state index >= 15 is 0 Å². The number of rotatable bonds is 4. The van der Waals surface area contributed by atoms with Crippen LogP contribution in [-0.2, 0) is 6.54 Å². The van der Waals surface area contributed by atoms with Crippen molar-refractivity contribution in [1.82, 2.24) is 14.5 Å². The van der Waals surface area contributed by atoms with E-state index in [1.54, 1.807) is 0 Å². The molecule has 0 aliphatic rings. The molecule has 0 saturated carbocycles. The first-order chi connectivity index (χ1) is 8.83. The maximum absolute atomic E-state index is 13.2. The third-order valence-electron chi connectivity index (χ3n) is 2.62. The number of pyridine rings is 1. The summed E-state index contributed by atoms with van der Waals surface area (Å²) in [4.78, 5) is 7.85. The van der Waals surface area contributed by atoms with E-state index in [1.807, 2.05) is 0 Å². The fourth-order valence-electron chi connectivity index (χ4n) is 1.75. The third-order valence-corrected chi connectivity index (χ3v) is 2.82. The molecule has 1 unspecified atom stereocenters. The van der Waals surface area contributed by atoms with Crippen molar-refractivity contribution in [3.05, 3.63) is 24.3 Å². The quantitative estimate of drug-likeness (QED) is 0.637. The zero-order chi connectivity index (χ0) is 14.2. The Morgan fingerprint density at radius 3 is 2.68 bits per heavy atom. The lowest BCUT2D eigenvalue weighted by Crippen LogP contribution is -2.32. The first-order valence-corrected chi connectivity index (χ1v) is 5.87. The molecule has 2 aromatic heterocycles. The minimum Gasteiger partial charge on any atom is -0.320 e. The van der Waals surface area contributed by atoms with Gasteiger partial charge in [-0.2, -0.15) is 8.78 Å². The van der Waals surface area contributed by atoms with Gasteiger partial charge in [-0.05, 0) is 13.0 Å². The van der Waals surface area contributed by atoms with Crippen LogP contribution < -0.4 is 0 Å². The van der Waals surface area contributed by atoms with Crippen LogP contribution in [0.1, 0.15) is 18.1 Å². The topological polar surface area (TPSA) is 30.7 Å². The summed E-state index contributed by atoms with van der Waals surface area (Å²) in [5.41, 5.74) is 0.646. The molecule has 0 bridgehead atoms. The fraction of sp³-hybridized carbons (Fsp3) is 0.455. The van der Waals surface area contributed by atoms with E-state index in [9.17, 15) is 17.6 Å². The predicted molar refractivity (Wildman–Crippen MR) is 62.7 cm³/mol. The molecule has 0 saturated heterocycles. The van der Waals surface area contributed by atoms with Gasteiger partial charge in [0, 0.05) is 6.20 Å². The Hall–Kier alpha value is -1.37. The van der Waals surface area contributed by atoms with Crippen molar-refractivity contribution in [3.63, 3.8) is 0 Å². The fourth-order valence-corrected chi connectivity index (χ4v) is 1.92. The average molecular weight is 296 g/mol. The molecule has 0 aliphatic heterocycles. The van der Waals surface area contributed by atoms with E-state index in [0.717, 1.165) is 4.57 Å². The number of hydrogen-bond donors (Lipinski definition) is 0. The van der Waals surface area contributed by atoms with Crippen molar-refractivity contribution in [2.75, 3.05) is 0 Å². The first-order valence-electron chi connectivity index (χ1n) is 5.43. The Kier molecular flexibility index (Phi) is 3.66. The molecule has 8 heteroatoms. The van der Waals surface area contributed by atoms with Gasteiger partial charge in [0.05, 0.1) is 23.6 Å². The maximum atomic E-state index is 13.2. The normalized spacial score (nSPS) is 14.3. The van der Waals surface area contributed by atoms with Crippen molar-refractivity contribution >= 4 is 22.6 Å². The molecule has 0 fully saturated rings. The zero-order valence-corrected chi connectivity index (χ0v) is 10.6. The standard InChI is InChI=1S/C11H10ClF4N3/c1-6(12)9-18-7-4-17-3-2-8(7)19(9)5-11(15,16)10(13)14/h2-4,6,10H,5H2,1H3. The summed E-state index contributed by atoms with van der Waals surface area (Å²) in [5, 5.41) is -0.680. The van der Waals surface area contributed by atoms with Gasteiger partial charge in [0.2, 0.25) is 0 Å². The van der Waals surface area contributed by atoms with Gasteiger partial charge in [0.1, 0.15) is 11.3 Å². The lowest BCUT2D eigenvalue weighted by Gasteiger charge is -2.18. The number of fused-ring (bicyclic) bond motifs is 1. The zero-order valence-electron chi connectivity index (χ0n) is 9.83. The van der Waals surface area contributed by atoms with E-state index < -0.39 is 24.3 Å². The van der Waals surface area contributed by atoms with Crippen LogP contribution in [-0.4, -0.2) is 26.9 Å². The van der Waals surface area contributed by atoms with Crippen LogP contribution in [0, 0.1) is 0 Å². The van der Waals surface area contributed by atoms with Gasteiger partial charge in [0.25, 0.3) is 0 Å². The van der Waals surface area contributed by atoms with Crippen LogP contribution in [0.3, 0.4) is 0 Å². The molecular formula is C11H10ClF4N3. The van der Waals surface area contributed by atoms with Crippen molar-refractivity contribution < 1.29 is 17.6 Å². The van der Waals surface area contributed by atoms with Crippen molar-refractivity contribution in [1.29, 1.82) is 0 Å². The second kappa shape index (κ2) is 4.96. The van der Waals surface area contributed by atoms with Crippen molar-refractivity contribution in [2.24, 2.45) is 0 Å². The summed E-state index contributed by atoms with van der Waals surface area (Å²) in [6, 6.07) is 1.44. The smallest absolute Gasteiger partial charge is 0.320 e. The predicted octanol–water partition coefficient (Wildman–Crippen LogP) is 3.63. The van der Waals surface area contributed by atoms with Crippen LogP contribution in [0.2, 0.25) is 0 Å². The molecule has 0 radical (unpaired) electrons. The molecule has 104 valence electrons.